The van der Waals surface area contributed by atoms with Crippen LogP contribution in [-0.2, 0) is 4.74 Å². The van der Waals surface area contributed by atoms with Crippen LogP contribution < -0.4 is 5.32 Å². The van der Waals surface area contributed by atoms with Crippen LogP contribution in [0.15, 0.2) is 73.2 Å². The Balaban J connectivity index is 1.22. The van der Waals surface area contributed by atoms with Crippen molar-refractivity contribution in [2.45, 2.75) is 13.0 Å². The van der Waals surface area contributed by atoms with Gasteiger partial charge in [-0.25, -0.2) is 9.97 Å². The van der Waals surface area contributed by atoms with Crippen LogP contribution in [0.4, 0.5) is 11.5 Å². The molecule has 4 heterocycles. The number of aromatic nitrogens is 5. The van der Waals surface area contributed by atoms with E-state index in [1.54, 1.807) is 12.4 Å². The van der Waals surface area contributed by atoms with Crippen molar-refractivity contribution in [3.05, 3.63) is 78.9 Å². The molecule has 0 radical (unpaired) electrons. The average Bonchev–Trinajstić information content (AvgIpc) is 3.59. The van der Waals surface area contributed by atoms with Gasteiger partial charge in [-0.2, -0.15) is 5.10 Å². The Morgan fingerprint density at radius 2 is 1.94 bits per heavy atom. The SMILES string of the molecule is C[C@@H]1COCCN1C(=O)c1cc2ccc(-c3nccc(Nc4ccc(-c5cn[nH]c5)cc4)n3)cc2[nH]1. The minimum absolute atomic E-state index is 0.00946. The summed E-state index contributed by atoms with van der Waals surface area (Å²) in [5, 5.41) is 11.1. The molecule has 3 aromatic heterocycles. The second kappa shape index (κ2) is 9.27. The summed E-state index contributed by atoms with van der Waals surface area (Å²) in [6.45, 7) is 3.73. The average molecular weight is 480 g/mol. The van der Waals surface area contributed by atoms with Gasteiger partial charge in [0.15, 0.2) is 5.82 Å². The van der Waals surface area contributed by atoms with E-state index in [4.69, 9.17) is 9.72 Å². The van der Waals surface area contributed by atoms with E-state index in [1.165, 1.54) is 0 Å². The lowest BCUT2D eigenvalue weighted by Gasteiger charge is -2.32. The lowest BCUT2D eigenvalue weighted by atomic mass is 10.1. The highest BCUT2D eigenvalue weighted by Gasteiger charge is 2.25. The van der Waals surface area contributed by atoms with Gasteiger partial charge in [0.25, 0.3) is 5.91 Å². The molecule has 0 saturated carbocycles. The third kappa shape index (κ3) is 4.32. The number of carbonyl (C=O) groups is 1. The standard InChI is InChI=1S/C27H25N7O2/c1-17-16-36-11-10-34(17)27(35)24-12-19-2-3-20(13-23(19)32-24)26-28-9-8-25(33-26)31-22-6-4-18(5-7-22)21-14-29-30-15-21/h2-9,12-15,17,32H,10-11,16H2,1H3,(H,29,30)(H,28,31,33)/t17-/m1/s1. The van der Waals surface area contributed by atoms with Crippen LogP contribution in [0.2, 0.25) is 0 Å². The number of aromatic amines is 2. The van der Waals surface area contributed by atoms with Crippen LogP contribution in [0, 0.1) is 0 Å². The highest BCUT2D eigenvalue weighted by Crippen LogP contribution is 2.26. The maximum Gasteiger partial charge on any atom is 0.270 e. The van der Waals surface area contributed by atoms with Crippen LogP contribution in [0.25, 0.3) is 33.4 Å². The van der Waals surface area contributed by atoms with E-state index >= 15 is 0 Å². The van der Waals surface area contributed by atoms with Crippen LogP contribution in [0.5, 0.6) is 0 Å². The fourth-order valence-corrected chi connectivity index (χ4v) is 4.43. The number of fused-ring (bicyclic) bond motifs is 1. The predicted molar refractivity (Wildman–Crippen MR) is 138 cm³/mol. The van der Waals surface area contributed by atoms with Crippen LogP contribution >= 0.6 is 0 Å². The Labute approximate surface area is 207 Å². The number of nitrogens with zero attached hydrogens (tertiary/aromatic N) is 4. The largest absolute Gasteiger partial charge is 0.377 e. The van der Waals surface area contributed by atoms with E-state index in [2.05, 4.69) is 25.5 Å². The van der Waals surface area contributed by atoms with Crippen molar-refractivity contribution in [1.82, 2.24) is 30.0 Å². The zero-order valence-electron chi connectivity index (χ0n) is 19.7. The number of amides is 1. The Bertz CT molecular complexity index is 1510. The third-order valence-electron chi connectivity index (χ3n) is 6.38. The zero-order chi connectivity index (χ0) is 24.5. The number of H-pyrrole nitrogens is 2. The number of carbonyl (C=O) groups excluding carboxylic acids is 1. The number of nitrogens with one attached hydrogen (secondary N) is 3. The molecule has 1 aliphatic heterocycles. The monoisotopic (exact) mass is 479 g/mol. The Morgan fingerprint density at radius 3 is 2.75 bits per heavy atom. The van der Waals surface area contributed by atoms with Crippen molar-refractivity contribution >= 4 is 28.3 Å². The minimum Gasteiger partial charge on any atom is -0.377 e. The summed E-state index contributed by atoms with van der Waals surface area (Å²) in [7, 11) is 0. The molecule has 180 valence electrons. The van der Waals surface area contributed by atoms with Crippen LogP contribution in [0.3, 0.4) is 0 Å². The first-order chi connectivity index (χ1) is 17.6. The van der Waals surface area contributed by atoms with Gasteiger partial charge in [-0.15, -0.1) is 0 Å². The van der Waals surface area contributed by atoms with E-state index in [9.17, 15) is 4.79 Å². The van der Waals surface area contributed by atoms with Gasteiger partial charge >= 0.3 is 0 Å². The molecular weight excluding hydrogens is 454 g/mol. The molecule has 0 bridgehead atoms. The minimum atomic E-state index is -0.00946. The summed E-state index contributed by atoms with van der Waals surface area (Å²) >= 11 is 0. The number of ether oxygens (including phenoxy) is 1. The molecule has 1 saturated heterocycles. The summed E-state index contributed by atoms with van der Waals surface area (Å²) in [5.74, 6) is 1.28. The summed E-state index contributed by atoms with van der Waals surface area (Å²) in [6, 6.07) is 17.8. The normalized spacial score (nSPS) is 15.8. The first-order valence-electron chi connectivity index (χ1n) is 11.9. The summed E-state index contributed by atoms with van der Waals surface area (Å²) < 4.78 is 5.46. The second-order valence-corrected chi connectivity index (χ2v) is 8.86. The first kappa shape index (κ1) is 22.0. The molecule has 1 fully saturated rings. The van der Waals surface area contributed by atoms with Gasteiger partial charge in [0.2, 0.25) is 0 Å². The van der Waals surface area contributed by atoms with E-state index in [1.807, 2.05) is 72.6 Å². The molecule has 0 unspecified atom stereocenters. The van der Waals surface area contributed by atoms with Crippen molar-refractivity contribution in [3.63, 3.8) is 0 Å². The van der Waals surface area contributed by atoms with Crippen LogP contribution in [0.1, 0.15) is 17.4 Å². The molecule has 0 aliphatic carbocycles. The fourth-order valence-electron chi connectivity index (χ4n) is 4.43. The van der Waals surface area contributed by atoms with Crippen molar-refractivity contribution in [2.75, 3.05) is 25.1 Å². The number of hydrogen-bond acceptors (Lipinski definition) is 6. The van der Waals surface area contributed by atoms with Gasteiger partial charge in [-0.3, -0.25) is 9.89 Å². The van der Waals surface area contributed by atoms with Crippen molar-refractivity contribution in [3.8, 4) is 22.5 Å². The highest BCUT2D eigenvalue weighted by molar-refractivity contribution is 5.99. The molecule has 36 heavy (non-hydrogen) atoms. The molecule has 5 aromatic rings. The summed E-state index contributed by atoms with van der Waals surface area (Å²) in [4.78, 5) is 27.4. The van der Waals surface area contributed by atoms with E-state index in [0.29, 0.717) is 37.1 Å². The molecular formula is C27H25N7O2. The van der Waals surface area contributed by atoms with Crippen molar-refractivity contribution in [2.24, 2.45) is 0 Å². The van der Waals surface area contributed by atoms with E-state index < -0.39 is 0 Å². The molecule has 1 atom stereocenters. The van der Waals surface area contributed by atoms with Gasteiger partial charge < -0.3 is 19.9 Å². The second-order valence-electron chi connectivity index (χ2n) is 8.86. The lowest BCUT2D eigenvalue weighted by molar-refractivity contribution is 0.00332. The predicted octanol–water partition coefficient (Wildman–Crippen LogP) is 4.62. The maximum atomic E-state index is 13.0. The summed E-state index contributed by atoms with van der Waals surface area (Å²) in [5.41, 5.74) is 5.35. The van der Waals surface area contributed by atoms with E-state index in [-0.39, 0.29) is 11.9 Å². The Kier molecular flexibility index (Phi) is 5.67. The molecule has 1 amide bonds. The lowest BCUT2D eigenvalue weighted by Crippen LogP contribution is -2.47. The molecule has 9 nitrogen and oxygen atoms in total. The van der Waals surface area contributed by atoms with Gasteiger partial charge in [0, 0.05) is 46.7 Å². The van der Waals surface area contributed by atoms with Crippen molar-refractivity contribution in [1.29, 1.82) is 0 Å². The first-order valence-corrected chi connectivity index (χ1v) is 11.9. The molecule has 9 heteroatoms. The summed E-state index contributed by atoms with van der Waals surface area (Å²) in [6.07, 6.45) is 5.39. The maximum absolute atomic E-state index is 13.0. The molecule has 1 aliphatic rings. The van der Waals surface area contributed by atoms with Gasteiger partial charge in [0.1, 0.15) is 11.5 Å². The molecule has 6 rings (SSSR count). The topological polar surface area (TPSA) is 112 Å². The van der Waals surface area contributed by atoms with Gasteiger partial charge in [-0.05, 0) is 42.8 Å². The fraction of sp³-hybridized carbons (Fsp3) is 0.185. The number of morpholine rings is 1. The van der Waals surface area contributed by atoms with E-state index in [0.717, 1.165) is 33.3 Å². The molecule has 3 N–H and O–H groups in total. The van der Waals surface area contributed by atoms with Crippen molar-refractivity contribution < 1.29 is 9.53 Å². The number of anilines is 2. The Hall–Kier alpha value is -4.50. The third-order valence-corrected chi connectivity index (χ3v) is 6.38. The highest BCUT2D eigenvalue weighted by atomic mass is 16.5. The van der Waals surface area contributed by atoms with Gasteiger partial charge in [0.05, 0.1) is 25.5 Å². The smallest absolute Gasteiger partial charge is 0.270 e. The quantitative estimate of drug-likeness (QED) is 0.339. The molecule has 0 spiro atoms. The molecule has 2 aromatic carbocycles. The van der Waals surface area contributed by atoms with Gasteiger partial charge in [-0.1, -0.05) is 24.3 Å². The Morgan fingerprint density at radius 1 is 1.08 bits per heavy atom. The number of hydrogen-bond donors (Lipinski definition) is 3. The number of rotatable bonds is 5. The zero-order valence-corrected chi connectivity index (χ0v) is 19.7. The number of benzene rings is 2. The van der Waals surface area contributed by atoms with Crippen LogP contribution in [-0.4, -0.2) is 61.8 Å².